The zero-order valence-corrected chi connectivity index (χ0v) is 25.1. The molecule has 4 N–H and O–H groups in total. The van der Waals surface area contributed by atoms with Crippen molar-refractivity contribution >= 4 is 11.8 Å². The van der Waals surface area contributed by atoms with Crippen molar-refractivity contribution in [1.82, 2.24) is 0 Å². The molecule has 4 fully saturated rings. The fraction of sp³-hybridized carbons (Fsp3) is 0.875. The van der Waals surface area contributed by atoms with E-state index in [0.29, 0.717) is 31.6 Å². The minimum Gasteiger partial charge on any atom is -0.458 e. The zero-order chi connectivity index (χ0) is 28.4. The first kappa shape index (κ1) is 29.7. The van der Waals surface area contributed by atoms with Gasteiger partial charge in [-0.25, -0.2) is 0 Å². The van der Waals surface area contributed by atoms with Gasteiger partial charge in [0.1, 0.15) is 6.10 Å². The van der Waals surface area contributed by atoms with Crippen molar-refractivity contribution in [3.05, 3.63) is 11.1 Å². The molecule has 0 aromatic heterocycles. The first-order chi connectivity index (χ1) is 17.5. The van der Waals surface area contributed by atoms with Crippen LogP contribution in [0.4, 0.5) is 0 Å². The van der Waals surface area contributed by atoms with Gasteiger partial charge in [-0.3, -0.25) is 9.59 Å². The Morgan fingerprint density at radius 2 is 1.71 bits per heavy atom. The molecule has 4 aliphatic rings. The van der Waals surface area contributed by atoms with E-state index in [9.17, 15) is 19.8 Å². The molecule has 0 aromatic carbocycles. The van der Waals surface area contributed by atoms with Gasteiger partial charge in [-0.1, -0.05) is 41.0 Å². The maximum Gasteiger partial charge on any atom is 0.303 e. The third-order valence-electron chi connectivity index (χ3n) is 12.1. The summed E-state index contributed by atoms with van der Waals surface area (Å²) in [5, 5.41) is 22.8. The van der Waals surface area contributed by atoms with E-state index in [-0.39, 0.29) is 45.8 Å². The average Bonchev–Trinajstić information content (AvgIpc) is 3.05. The molecule has 0 heterocycles. The fourth-order valence-corrected chi connectivity index (χ4v) is 10.2. The van der Waals surface area contributed by atoms with Crippen LogP contribution in [0.1, 0.15) is 113 Å². The highest BCUT2D eigenvalue weighted by atomic mass is 16.5. The molecule has 0 amide bonds. The van der Waals surface area contributed by atoms with E-state index >= 15 is 0 Å². The number of rotatable bonds is 6. The maximum absolute atomic E-state index is 13.1. The van der Waals surface area contributed by atoms with Gasteiger partial charge in [0, 0.05) is 12.5 Å². The third-order valence-corrected chi connectivity index (χ3v) is 12.1. The lowest BCUT2D eigenvalue weighted by Gasteiger charge is -2.70. The van der Waals surface area contributed by atoms with Gasteiger partial charge in [0.15, 0.2) is 5.78 Å². The molecule has 4 aliphatic carbocycles. The molecule has 0 spiro atoms. The second kappa shape index (κ2) is 9.99. The number of nitrogens with two attached hydrogens (primary N) is 1. The number of aliphatic hydroxyl groups excluding tert-OH is 2. The SMILES string of the molecule is CC(=O)O[C@H]1C[C@@]2(C)[C@@H](C[C@@H](O)[C@H]3[C@@]4(C)CC[C@@H](O)[C@](C)(N)[C@@H]4CC[C@@]32C)/C1=C(\CCCC(C)C)C(C)=O. The van der Waals surface area contributed by atoms with Crippen molar-refractivity contribution < 1.29 is 24.5 Å². The minimum absolute atomic E-state index is 0.0142. The van der Waals surface area contributed by atoms with E-state index < -0.39 is 23.9 Å². The van der Waals surface area contributed by atoms with Crippen LogP contribution in [-0.4, -0.2) is 45.8 Å². The monoisotopic (exact) mass is 531 g/mol. The van der Waals surface area contributed by atoms with Gasteiger partial charge >= 0.3 is 5.97 Å². The van der Waals surface area contributed by atoms with Crippen molar-refractivity contribution in [2.45, 2.75) is 137 Å². The lowest BCUT2D eigenvalue weighted by Crippen LogP contribution is -2.71. The Labute approximate surface area is 230 Å². The first-order valence-corrected chi connectivity index (χ1v) is 15.1. The molecule has 0 aliphatic heterocycles. The molecule has 216 valence electrons. The van der Waals surface area contributed by atoms with Crippen LogP contribution < -0.4 is 5.73 Å². The van der Waals surface area contributed by atoms with Gasteiger partial charge < -0.3 is 20.7 Å². The van der Waals surface area contributed by atoms with Gasteiger partial charge in [-0.05, 0) is 116 Å². The summed E-state index contributed by atoms with van der Waals surface area (Å²) in [4.78, 5) is 25.4. The molecule has 0 radical (unpaired) electrons. The lowest BCUT2D eigenvalue weighted by molar-refractivity contribution is -0.237. The second-order valence-corrected chi connectivity index (χ2v) is 14.8. The van der Waals surface area contributed by atoms with Crippen LogP contribution in [0.25, 0.3) is 0 Å². The smallest absolute Gasteiger partial charge is 0.303 e. The average molecular weight is 532 g/mol. The Morgan fingerprint density at radius 3 is 2.29 bits per heavy atom. The summed E-state index contributed by atoms with van der Waals surface area (Å²) >= 11 is 0. The van der Waals surface area contributed by atoms with Crippen LogP contribution in [0.5, 0.6) is 0 Å². The number of carbonyl (C=O) groups excluding carboxylic acids is 2. The summed E-state index contributed by atoms with van der Waals surface area (Å²) in [6.45, 7) is 16.4. The number of hydrogen-bond donors (Lipinski definition) is 3. The fourth-order valence-electron chi connectivity index (χ4n) is 10.2. The number of allylic oxidation sites excluding steroid dienone is 1. The van der Waals surface area contributed by atoms with Crippen molar-refractivity contribution in [3.8, 4) is 0 Å². The summed E-state index contributed by atoms with van der Waals surface area (Å²) in [6, 6.07) is 0. The Bertz CT molecular complexity index is 986. The highest BCUT2D eigenvalue weighted by molar-refractivity contribution is 5.94. The molecule has 0 aromatic rings. The highest BCUT2D eigenvalue weighted by Crippen LogP contribution is 2.74. The predicted molar refractivity (Wildman–Crippen MR) is 149 cm³/mol. The zero-order valence-electron chi connectivity index (χ0n) is 25.1. The summed E-state index contributed by atoms with van der Waals surface area (Å²) in [6.07, 6.45) is 5.65. The Morgan fingerprint density at radius 1 is 1.05 bits per heavy atom. The number of carbonyl (C=O) groups is 2. The third kappa shape index (κ3) is 4.41. The summed E-state index contributed by atoms with van der Waals surface area (Å²) in [5.41, 5.74) is 7.26. The molecule has 0 saturated heterocycles. The summed E-state index contributed by atoms with van der Waals surface area (Å²) < 4.78 is 5.99. The van der Waals surface area contributed by atoms with E-state index in [0.717, 1.165) is 43.3 Å². The van der Waals surface area contributed by atoms with Crippen LogP contribution in [0, 0.1) is 39.9 Å². The molecular weight excluding hydrogens is 478 g/mol. The van der Waals surface area contributed by atoms with E-state index in [2.05, 4.69) is 34.6 Å². The normalized spacial score (nSPS) is 47.7. The van der Waals surface area contributed by atoms with Gasteiger partial charge in [0.25, 0.3) is 0 Å². The molecule has 38 heavy (non-hydrogen) atoms. The lowest BCUT2D eigenvalue weighted by atomic mass is 9.36. The predicted octanol–water partition coefficient (Wildman–Crippen LogP) is 5.33. The van der Waals surface area contributed by atoms with Crippen molar-refractivity contribution in [2.75, 3.05) is 0 Å². The highest BCUT2D eigenvalue weighted by Gasteiger charge is 2.72. The first-order valence-electron chi connectivity index (χ1n) is 15.1. The van der Waals surface area contributed by atoms with Gasteiger partial charge in [-0.15, -0.1) is 0 Å². The molecule has 4 rings (SSSR count). The topological polar surface area (TPSA) is 110 Å². The van der Waals surface area contributed by atoms with E-state index in [1.54, 1.807) is 6.92 Å². The standard InChI is InChI=1S/C32H53NO5/c1-18(2)10-9-11-21(19(3)34)27-22-16-23(36)28-29(5)14-13-26(37)32(8,33)25(29)12-15-30(28,6)31(22,7)17-24(27)38-20(4)35/h18,22-26,28,36-37H,9-17,33H2,1-8H3/b27-21-/t22-,23+,24-,25+,26+,28-,29-,30-,31-,32+/m0/s1. The number of ketones is 1. The van der Waals surface area contributed by atoms with Gasteiger partial charge in [0.05, 0.1) is 12.2 Å². The van der Waals surface area contributed by atoms with Crippen LogP contribution in [-0.2, 0) is 14.3 Å². The largest absolute Gasteiger partial charge is 0.458 e. The van der Waals surface area contributed by atoms with Crippen molar-refractivity contribution in [2.24, 2.45) is 45.7 Å². The molecule has 10 atom stereocenters. The van der Waals surface area contributed by atoms with Crippen molar-refractivity contribution in [3.63, 3.8) is 0 Å². The van der Waals surface area contributed by atoms with E-state index in [4.69, 9.17) is 10.5 Å². The van der Waals surface area contributed by atoms with Crippen LogP contribution in [0.15, 0.2) is 11.1 Å². The number of ether oxygens (including phenoxy) is 1. The minimum atomic E-state index is -0.689. The number of Topliss-reactive ketones (excluding diaryl/α,β-unsaturated/α-hetero) is 1. The van der Waals surface area contributed by atoms with Crippen LogP contribution in [0.2, 0.25) is 0 Å². The maximum atomic E-state index is 13.1. The number of esters is 1. The van der Waals surface area contributed by atoms with E-state index in [1.165, 1.54) is 6.92 Å². The van der Waals surface area contributed by atoms with Crippen molar-refractivity contribution in [1.29, 1.82) is 0 Å². The summed E-state index contributed by atoms with van der Waals surface area (Å²) in [5.74, 6) is 0.418. The van der Waals surface area contributed by atoms with Gasteiger partial charge in [-0.2, -0.15) is 0 Å². The summed E-state index contributed by atoms with van der Waals surface area (Å²) in [7, 11) is 0. The molecule has 0 unspecified atom stereocenters. The van der Waals surface area contributed by atoms with Gasteiger partial charge in [0.2, 0.25) is 0 Å². The van der Waals surface area contributed by atoms with E-state index in [1.807, 2.05) is 6.92 Å². The van der Waals surface area contributed by atoms with Crippen LogP contribution in [0.3, 0.4) is 0 Å². The quantitative estimate of drug-likeness (QED) is 0.316. The Kier molecular flexibility index (Phi) is 7.82. The number of hydrogen-bond acceptors (Lipinski definition) is 6. The number of fused-ring (bicyclic) bond motifs is 5. The molecule has 4 saturated carbocycles. The molecule has 0 bridgehead atoms. The Hall–Kier alpha value is -1.24. The Balaban J connectivity index is 1.81. The number of aliphatic hydroxyl groups is 2. The molecule has 6 heteroatoms. The van der Waals surface area contributed by atoms with Crippen LogP contribution >= 0.6 is 0 Å². The molecular formula is C32H53NO5. The molecule has 6 nitrogen and oxygen atoms in total. The second-order valence-electron chi connectivity index (χ2n) is 14.8.